The molecule has 0 radical (unpaired) electrons. The van der Waals surface area contributed by atoms with Gasteiger partial charge in [0, 0.05) is 12.1 Å². The maximum atomic E-state index is 11.6. The van der Waals surface area contributed by atoms with Crippen molar-refractivity contribution in [3.05, 3.63) is 30.7 Å². The Morgan fingerprint density at radius 1 is 1.38 bits per heavy atom. The first-order chi connectivity index (χ1) is 10.1. The number of carbonyl (C=O) groups excluding carboxylic acids is 2. The van der Waals surface area contributed by atoms with Crippen molar-refractivity contribution in [3.8, 4) is 5.88 Å². The van der Waals surface area contributed by atoms with E-state index in [1.165, 1.54) is 12.4 Å². The SMILES string of the molecule is C=CC(=O)OCCOC(=O)Cc1cc(O)n2ncnc2n1. The van der Waals surface area contributed by atoms with Crippen LogP contribution in [0.1, 0.15) is 5.69 Å². The van der Waals surface area contributed by atoms with E-state index in [1.54, 1.807) is 0 Å². The van der Waals surface area contributed by atoms with Crippen molar-refractivity contribution in [2.24, 2.45) is 0 Å². The van der Waals surface area contributed by atoms with Crippen molar-refractivity contribution >= 4 is 17.7 Å². The number of aromatic nitrogens is 4. The van der Waals surface area contributed by atoms with Gasteiger partial charge < -0.3 is 14.6 Å². The van der Waals surface area contributed by atoms with Crippen LogP contribution in [0.15, 0.2) is 25.0 Å². The maximum absolute atomic E-state index is 11.6. The molecule has 9 nitrogen and oxygen atoms in total. The zero-order valence-electron chi connectivity index (χ0n) is 10.9. The summed E-state index contributed by atoms with van der Waals surface area (Å²) in [6, 6.07) is 1.29. The molecule has 2 rings (SSSR count). The third-order valence-corrected chi connectivity index (χ3v) is 2.37. The first kappa shape index (κ1) is 14.4. The molecule has 0 unspecified atom stereocenters. The van der Waals surface area contributed by atoms with E-state index < -0.39 is 11.9 Å². The standard InChI is InChI=1S/C12H12N4O5/c1-2-10(18)20-3-4-21-11(19)6-8-5-9(17)16-12(15-8)13-7-14-16/h2,5,7,17H,1,3-4,6H2. The van der Waals surface area contributed by atoms with Crippen LogP contribution in [0, 0.1) is 0 Å². The fourth-order valence-electron chi connectivity index (χ4n) is 1.49. The molecule has 0 saturated carbocycles. The highest BCUT2D eigenvalue weighted by molar-refractivity contribution is 5.81. The van der Waals surface area contributed by atoms with E-state index in [0.717, 1.165) is 10.6 Å². The number of aromatic hydroxyl groups is 1. The summed E-state index contributed by atoms with van der Waals surface area (Å²) in [5.74, 6) is -1.16. The molecule has 0 aliphatic heterocycles. The largest absolute Gasteiger partial charge is 0.493 e. The van der Waals surface area contributed by atoms with Gasteiger partial charge in [-0.2, -0.15) is 14.6 Å². The average molecular weight is 292 g/mol. The molecule has 0 amide bonds. The Bertz CT molecular complexity index is 681. The Kier molecular flexibility index (Phi) is 4.44. The van der Waals surface area contributed by atoms with Gasteiger partial charge in [-0.1, -0.05) is 6.58 Å². The lowest BCUT2D eigenvalue weighted by Crippen LogP contribution is -2.15. The highest BCUT2D eigenvalue weighted by Crippen LogP contribution is 2.11. The van der Waals surface area contributed by atoms with Crippen molar-refractivity contribution in [3.63, 3.8) is 0 Å². The quantitative estimate of drug-likeness (QED) is 0.436. The molecule has 2 aromatic rings. The Labute approximate surface area is 118 Å². The number of hydrogen-bond donors (Lipinski definition) is 1. The van der Waals surface area contributed by atoms with Gasteiger partial charge in [0.05, 0.1) is 12.1 Å². The van der Waals surface area contributed by atoms with Gasteiger partial charge in [0.2, 0.25) is 5.88 Å². The molecule has 0 saturated heterocycles. The fraction of sp³-hybridized carbons (Fsp3) is 0.250. The topological polar surface area (TPSA) is 116 Å². The van der Waals surface area contributed by atoms with Gasteiger partial charge in [-0.3, -0.25) is 4.79 Å². The molecule has 9 heteroatoms. The molecule has 110 valence electrons. The zero-order valence-corrected chi connectivity index (χ0v) is 10.9. The lowest BCUT2D eigenvalue weighted by molar-refractivity contribution is -0.149. The monoisotopic (exact) mass is 292 g/mol. The summed E-state index contributed by atoms with van der Waals surface area (Å²) in [6.07, 6.45) is 2.10. The lowest BCUT2D eigenvalue weighted by atomic mass is 10.3. The molecule has 21 heavy (non-hydrogen) atoms. The second-order valence-electron chi connectivity index (χ2n) is 3.85. The zero-order chi connectivity index (χ0) is 15.2. The van der Waals surface area contributed by atoms with Crippen LogP contribution < -0.4 is 0 Å². The van der Waals surface area contributed by atoms with Gasteiger partial charge in [-0.05, 0) is 0 Å². The summed E-state index contributed by atoms with van der Waals surface area (Å²) in [4.78, 5) is 30.2. The predicted molar refractivity (Wildman–Crippen MR) is 68.3 cm³/mol. The maximum Gasteiger partial charge on any atom is 0.330 e. The highest BCUT2D eigenvalue weighted by Gasteiger charge is 2.11. The summed E-state index contributed by atoms with van der Waals surface area (Å²) in [7, 11) is 0. The van der Waals surface area contributed by atoms with Crippen LogP contribution in [0.5, 0.6) is 5.88 Å². The van der Waals surface area contributed by atoms with Crippen molar-refractivity contribution in [1.82, 2.24) is 19.6 Å². The number of hydrogen-bond acceptors (Lipinski definition) is 8. The van der Waals surface area contributed by atoms with Crippen LogP contribution in [0.25, 0.3) is 5.78 Å². The second-order valence-corrected chi connectivity index (χ2v) is 3.85. The Morgan fingerprint density at radius 3 is 2.90 bits per heavy atom. The lowest BCUT2D eigenvalue weighted by Gasteiger charge is -2.05. The molecule has 0 aliphatic rings. The number of fused-ring (bicyclic) bond motifs is 1. The van der Waals surface area contributed by atoms with Gasteiger partial charge in [0.1, 0.15) is 19.5 Å². The minimum Gasteiger partial charge on any atom is -0.493 e. The van der Waals surface area contributed by atoms with Crippen LogP contribution >= 0.6 is 0 Å². The van der Waals surface area contributed by atoms with E-state index in [0.29, 0.717) is 5.69 Å². The van der Waals surface area contributed by atoms with Crippen molar-refractivity contribution in [2.75, 3.05) is 13.2 Å². The molecule has 0 fully saturated rings. The number of carbonyl (C=O) groups is 2. The molecule has 0 aliphatic carbocycles. The predicted octanol–water partition coefficient (Wildman–Crippen LogP) is -0.355. The van der Waals surface area contributed by atoms with Gasteiger partial charge in [-0.25, -0.2) is 9.78 Å². The summed E-state index contributed by atoms with van der Waals surface area (Å²) < 4.78 is 10.6. The average Bonchev–Trinajstić information content (AvgIpc) is 2.92. The van der Waals surface area contributed by atoms with Crippen molar-refractivity contribution in [1.29, 1.82) is 0 Å². The molecule has 1 N–H and O–H groups in total. The summed E-state index contributed by atoms with van der Waals surface area (Å²) in [6.45, 7) is 3.10. The van der Waals surface area contributed by atoms with E-state index in [1.807, 2.05) is 0 Å². The van der Waals surface area contributed by atoms with E-state index in [9.17, 15) is 14.7 Å². The normalized spacial score (nSPS) is 10.3. The summed E-state index contributed by atoms with van der Waals surface area (Å²) >= 11 is 0. The molecule has 0 bridgehead atoms. The van der Waals surface area contributed by atoms with Gasteiger partial charge in [-0.15, -0.1) is 0 Å². The molecule has 0 aromatic carbocycles. The second kappa shape index (κ2) is 6.46. The molecule has 0 atom stereocenters. The summed E-state index contributed by atoms with van der Waals surface area (Å²) in [5, 5.41) is 13.4. The van der Waals surface area contributed by atoms with E-state index >= 15 is 0 Å². The highest BCUT2D eigenvalue weighted by atomic mass is 16.6. The third kappa shape index (κ3) is 3.75. The third-order valence-electron chi connectivity index (χ3n) is 2.37. The number of ether oxygens (including phenoxy) is 2. The van der Waals surface area contributed by atoms with E-state index in [-0.39, 0.29) is 31.3 Å². The Hall–Kier alpha value is -2.97. The summed E-state index contributed by atoms with van der Waals surface area (Å²) in [5.41, 5.74) is 0.293. The molecular weight excluding hydrogens is 280 g/mol. The number of nitrogens with zero attached hydrogens (tertiary/aromatic N) is 4. The van der Waals surface area contributed by atoms with Crippen LogP contribution in [-0.4, -0.2) is 49.8 Å². The minimum atomic E-state index is -0.588. The number of rotatable bonds is 6. The molecule has 2 aromatic heterocycles. The molecule has 2 heterocycles. The van der Waals surface area contributed by atoms with Crippen LogP contribution in [-0.2, 0) is 25.5 Å². The first-order valence-corrected chi connectivity index (χ1v) is 5.93. The molecular formula is C12H12N4O5. The van der Waals surface area contributed by atoms with Crippen LogP contribution in [0.2, 0.25) is 0 Å². The smallest absolute Gasteiger partial charge is 0.330 e. The molecule has 0 spiro atoms. The van der Waals surface area contributed by atoms with Gasteiger partial charge in [0.25, 0.3) is 5.78 Å². The number of esters is 2. The van der Waals surface area contributed by atoms with Crippen LogP contribution in [0.4, 0.5) is 0 Å². The van der Waals surface area contributed by atoms with E-state index in [2.05, 4.69) is 26.4 Å². The minimum absolute atomic E-state index is 0.0571. The Balaban J connectivity index is 1.86. The van der Waals surface area contributed by atoms with E-state index in [4.69, 9.17) is 4.74 Å². The van der Waals surface area contributed by atoms with Gasteiger partial charge in [0.15, 0.2) is 0 Å². The Morgan fingerprint density at radius 2 is 2.14 bits per heavy atom. The van der Waals surface area contributed by atoms with Crippen molar-refractivity contribution < 1.29 is 24.2 Å². The van der Waals surface area contributed by atoms with Crippen LogP contribution in [0.3, 0.4) is 0 Å². The fourth-order valence-corrected chi connectivity index (χ4v) is 1.49. The van der Waals surface area contributed by atoms with Gasteiger partial charge >= 0.3 is 11.9 Å². The van der Waals surface area contributed by atoms with Crippen molar-refractivity contribution in [2.45, 2.75) is 6.42 Å². The first-order valence-electron chi connectivity index (χ1n) is 5.93.